The first-order chi connectivity index (χ1) is 9.81. The summed E-state index contributed by atoms with van der Waals surface area (Å²) in [4.78, 5) is 18.7. The van der Waals surface area contributed by atoms with Crippen molar-refractivity contribution in [3.05, 3.63) is 23.4 Å². The fourth-order valence-electron chi connectivity index (χ4n) is 2.34. The number of ether oxygens (including phenoxy) is 1. The van der Waals surface area contributed by atoms with Gasteiger partial charge in [0.2, 0.25) is 0 Å². The van der Waals surface area contributed by atoms with Crippen molar-refractivity contribution in [2.75, 3.05) is 18.0 Å². The zero-order valence-corrected chi connectivity index (χ0v) is 13.3. The number of carbonyl (C=O) groups is 1. The normalized spacial score (nSPS) is 16.3. The van der Waals surface area contributed by atoms with Gasteiger partial charge in [-0.25, -0.2) is 9.78 Å². The molecule has 0 aromatic carbocycles. The van der Waals surface area contributed by atoms with Crippen LogP contribution >= 0.6 is 0 Å². The van der Waals surface area contributed by atoms with Crippen LogP contribution in [0.3, 0.4) is 0 Å². The maximum Gasteiger partial charge on any atom is 0.416 e. The summed E-state index contributed by atoms with van der Waals surface area (Å²) >= 11 is 0. The third kappa shape index (κ3) is 3.73. The van der Waals surface area contributed by atoms with Crippen molar-refractivity contribution >= 4 is 11.9 Å². The van der Waals surface area contributed by atoms with E-state index in [9.17, 15) is 4.79 Å². The first-order valence-electron chi connectivity index (χ1n) is 7.52. The smallest absolute Gasteiger partial charge is 0.416 e. The number of rotatable bonds is 2. The van der Waals surface area contributed by atoms with E-state index in [0.717, 1.165) is 29.9 Å². The second kappa shape index (κ2) is 6.02. The molecule has 0 fully saturated rings. The number of pyridine rings is 1. The molecule has 1 aliphatic rings. The maximum atomic E-state index is 12.4. The van der Waals surface area contributed by atoms with E-state index in [1.54, 1.807) is 4.90 Å². The fourth-order valence-corrected chi connectivity index (χ4v) is 2.34. The molecule has 1 atom stereocenters. The highest BCUT2D eigenvalue weighted by molar-refractivity contribution is 5.88. The monoisotopic (exact) mass is 291 g/mol. The van der Waals surface area contributed by atoms with Crippen LogP contribution in [0.1, 0.15) is 51.3 Å². The molecule has 0 radical (unpaired) electrons. The quantitative estimate of drug-likeness (QED) is 0.909. The summed E-state index contributed by atoms with van der Waals surface area (Å²) in [5, 5.41) is 0. The number of fused-ring (bicyclic) bond motifs is 1. The Kier molecular flexibility index (Phi) is 4.52. The summed E-state index contributed by atoms with van der Waals surface area (Å²) in [5.74, 6) is 0.908. The highest BCUT2D eigenvalue weighted by atomic mass is 16.6. The predicted molar refractivity (Wildman–Crippen MR) is 83.6 cm³/mol. The van der Waals surface area contributed by atoms with Gasteiger partial charge >= 0.3 is 6.09 Å². The molecule has 21 heavy (non-hydrogen) atoms. The molecule has 5 nitrogen and oxygen atoms in total. The fraction of sp³-hybridized carbons (Fsp3) is 0.625. The van der Waals surface area contributed by atoms with Gasteiger partial charge in [0.1, 0.15) is 11.4 Å². The van der Waals surface area contributed by atoms with Gasteiger partial charge in [0.05, 0.1) is 0 Å². The van der Waals surface area contributed by atoms with Crippen LogP contribution in [0.15, 0.2) is 12.1 Å². The second-order valence-corrected chi connectivity index (χ2v) is 6.59. The van der Waals surface area contributed by atoms with E-state index in [-0.39, 0.29) is 12.0 Å². The van der Waals surface area contributed by atoms with E-state index >= 15 is 0 Å². The number of anilines is 1. The number of nitrogens with zero attached hydrogens (tertiary/aromatic N) is 2. The van der Waals surface area contributed by atoms with Crippen LogP contribution in [0.4, 0.5) is 10.6 Å². The molecule has 0 unspecified atom stereocenters. The lowest BCUT2D eigenvalue weighted by molar-refractivity contribution is 0.0576. The van der Waals surface area contributed by atoms with Crippen molar-refractivity contribution < 1.29 is 9.53 Å². The summed E-state index contributed by atoms with van der Waals surface area (Å²) in [6.45, 7) is 8.84. The van der Waals surface area contributed by atoms with Crippen LogP contribution in [0.5, 0.6) is 0 Å². The van der Waals surface area contributed by atoms with E-state index in [0.29, 0.717) is 13.1 Å². The molecule has 0 spiro atoms. The van der Waals surface area contributed by atoms with Gasteiger partial charge in [-0.1, -0.05) is 13.0 Å². The third-order valence-corrected chi connectivity index (χ3v) is 3.53. The lowest BCUT2D eigenvalue weighted by atomic mass is 10.0. The summed E-state index contributed by atoms with van der Waals surface area (Å²) in [7, 11) is 0. The van der Waals surface area contributed by atoms with Gasteiger partial charge in [-0.05, 0) is 45.2 Å². The molecule has 5 heteroatoms. The zero-order chi connectivity index (χ0) is 15.6. The Labute approximate surface area is 126 Å². The minimum atomic E-state index is -0.503. The van der Waals surface area contributed by atoms with Crippen molar-refractivity contribution in [1.82, 2.24) is 4.98 Å². The van der Waals surface area contributed by atoms with E-state index < -0.39 is 5.60 Å². The Morgan fingerprint density at radius 1 is 1.48 bits per heavy atom. The molecule has 0 saturated carbocycles. The first kappa shape index (κ1) is 15.8. The van der Waals surface area contributed by atoms with Crippen molar-refractivity contribution in [3.63, 3.8) is 0 Å². The van der Waals surface area contributed by atoms with Gasteiger partial charge in [0.15, 0.2) is 0 Å². The molecule has 0 saturated heterocycles. The largest absolute Gasteiger partial charge is 0.443 e. The molecule has 116 valence electrons. The van der Waals surface area contributed by atoms with Crippen molar-refractivity contribution in [2.24, 2.45) is 5.73 Å². The van der Waals surface area contributed by atoms with Crippen LogP contribution in [-0.2, 0) is 11.2 Å². The lowest BCUT2D eigenvalue weighted by Gasteiger charge is -2.31. The van der Waals surface area contributed by atoms with Crippen LogP contribution in [-0.4, -0.2) is 29.8 Å². The summed E-state index contributed by atoms with van der Waals surface area (Å²) in [6.07, 6.45) is 1.55. The van der Waals surface area contributed by atoms with Crippen molar-refractivity contribution in [2.45, 2.75) is 52.1 Å². The van der Waals surface area contributed by atoms with Gasteiger partial charge in [0.25, 0.3) is 0 Å². The molecule has 2 heterocycles. The Morgan fingerprint density at radius 3 is 2.81 bits per heavy atom. The highest BCUT2D eigenvalue weighted by Crippen LogP contribution is 2.28. The van der Waals surface area contributed by atoms with Crippen molar-refractivity contribution in [3.8, 4) is 0 Å². The molecule has 1 aliphatic heterocycles. The van der Waals surface area contributed by atoms with E-state index in [2.05, 4.69) is 11.1 Å². The zero-order valence-electron chi connectivity index (χ0n) is 13.3. The number of aryl methyl sites for hydroxylation is 1. The van der Waals surface area contributed by atoms with E-state index in [1.165, 1.54) is 0 Å². The second-order valence-electron chi connectivity index (χ2n) is 6.59. The lowest BCUT2D eigenvalue weighted by Crippen LogP contribution is -2.40. The average Bonchev–Trinajstić information content (AvgIpc) is 2.43. The molecule has 1 amide bonds. The van der Waals surface area contributed by atoms with Gasteiger partial charge in [-0.3, -0.25) is 4.90 Å². The van der Waals surface area contributed by atoms with Crippen molar-refractivity contribution in [1.29, 1.82) is 0 Å². The third-order valence-electron chi connectivity index (χ3n) is 3.53. The molecule has 0 bridgehead atoms. The molecule has 2 N–H and O–H groups in total. The molecule has 2 rings (SSSR count). The van der Waals surface area contributed by atoms with Crippen LogP contribution in [0, 0.1) is 0 Å². The maximum absolute atomic E-state index is 12.4. The predicted octanol–water partition coefficient (Wildman–Crippen LogP) is 2.83. The Bertz CT molecular complexity index is 523. The Morgan fingerprint density at radius 2 is 2.19 bits per heavy atom. The number of amides is 1. The molecule has 1 aromatic rings. The molecule has 1 aromatic heterocycles. The summed E-state index contributed by atoms with van der Waals surface area (Å²) in [5.41, 5.74) is 7.23. The van der Waals surface area contributed by atoms with Gasteiger partial charge in [-0.2, -0.15) is 0 Å². The minimum Gasteiger partial charge on any atom is -0.443 e. The van der Waals surface area contributed by atoms with E-state index in [4.69, 9.17) is 10.5 Å². The number of hydrogen-bond acceptors (Lipinski definition) is 4. The SMILES string of the molecule is C[C@H](CN)c1ccc2c(n1)N(C(=O)OC(C)(C)C)CCC2. The average molecular weight is 291 g/mol. The number of carbonyl (C=O) groups excluding carboxylic acids is 1. The highest BCUT2D eigenvalue weighted by Gasteiger charge is 2.28. The topological polar surface area (TPSA) is 68.5 Å². The van der Waals surface area contributed by atoms with Gasteiger partial charge < -0.3 is 10.5 Å². The number of nitrogens with two attached hydrogens (primary N) is 1. The van der Waals surface area contributed by atoms with Gasteiger partial charge in [-0.15, -0.1) is 0 Å². The molecular formula is C16H25N3O2. The van der Waals surface area contributed by atoms with Crippen LogP contribution in [0.2, 0.25) is 0 Å². The Hall–Kier alpha value is -1.62. The number of hydrogen-bond donors (Lipinski definition) is 1. The minimum absolute atomic E-state index is 0.178. The standard InChI is InChI=1S/C16H25N3O2/c1-11(10-17)13-8-7-12-6-5-9-19(14(12)18-13)15(20)21-16(2,3)4/h7-8,11H,5-6,9-10,17H2,1-4H3/t11-/m1/s1. The van der Waals surface area contributed by atoms with Crippen LogP contribution in [0.25, 0.3) is 0 Å². The van der Waals surface area contributed by atoms with E-state index in [1.807, 2.05) is 33.8 Å². The number of aromatic nitrogens is 1. The molecular weight excluding hydrogens is 266 g/mol. The molecule has 0 aliphatic carbocycles. The summed E-state index contributed by atoms with van der Waals surface area (Å²) < 4.78 is 5.48. The first-order valence-corrected chi connectivity index (χ1v) is 7.52. The summed E-state index contributed by atoms with van der Waals surface area (Å²) in [6, 6.07) is 4.06. The van der Waals surface area contributed by atoms with Gasteiger partial charge in [0, 0.05) is 24.7 Å². The van der Waals surface area contributed by atoms with Crippen LogP contribution < -0.4 is 10.6 Å². The Balaban J connectivity index is 2.30.